The van der Waals surface area contributed by atoms with Crippen LogP contribution in [0.3, 0.4) is 0 Å². The van der Waals surface area contributed by atoms with Crippen molar-refractivity contribution in [2.24, 2.45) is 0 Å². The molecule has 0 aliphatic rings. The highest BCUT2D eigenvalue weighted by Gasteiger charge is 2.14. The fraction of sp³-hybridized carbons (Fsp3) is 0.188. The van der Waals surface area contributed by atoms with Gasteiger partial charge in [0.1, 0.15) is 0 Å². The lowest BCUT2D eigenvalue weighted by Crippen LogP contribution is -2.27. The molecule has 1 aromatic heterocycles. The van der Waals surface area contributed by atoms with Gasteiger partial charge in [-0.15, -0.1) is 0 Å². The van der Waals surface area contributed by atoms with Gasteiger partial charge in [-0.05, 0) is 36.8 Å². The second-order valence-electron chi connectivity index (χ2n) is 4.80. The molecule has 0 spiro atoms. The Balaban J connectivity index is 2.10. The summed E-state index contributed by atoms with van der Waals surface area (Å²) in [5, 5.41) is 8.85. The van der Waals surface area contributed by atoms with E-state index in [1.165, 1.54) is 12.1 Å². The molecule has 2 aromatic rings. The first-order valence-electron chi connectivity index (χ1n) is 6.48. The molecule has 5 heteroatoms. The van der Waals surface area contributed by atoms with E-state index >= 15 is 0 Å². The van der Waals surface area contributed by atoms with Gasteiger partial charge in [0.2, 0.25) is 0 Å². The number of carboxylic acid groups (broad SMARTS) is 1. The first-order chi connectivity index (χ1) is 9.99. The number of hydrogen-bond donors (Lipinski definition) is 1. The van der Waals surface area contributed by atoms with Gasteiger partial charge in [0.15, 0.2) is 0 Å². The molecule has 21 heavy (non-hydrogen) atoms. The third kappa shape index (κ3) is 3.45. The Bertz CT molecular complexity index is 665. The third-order valence-corrected chi connectivity index (χ3v) is 3.20. The zero-order chi connectivity index (χ0) is 15.4. The van der Waals surface area contributed by atoms with Crippen LogP contribution in [0.4, 0.5) is 0 Å². The molecule has 0 aliphatic carbocycles. The van der Waals surface area contributed by atoms with Crippen molar-refractivity contribution >= 4 is 11.9 Å². The quantitative estimate of drug-likeness (QED) is 0.935. The molecule has 108 valence electrons. The SMILES string of the molecule is Cc1ncccc1C(=O)N(C)Cc1ccc(C(=O)O)cc1. The predicted octanol–water partition coefficient (Wildman–Crippen LogP) is 2.36. The Morgan fingerprint density at radius 3 is 2.43 bits per heavy atom. The number of hydrogen-bond acceptors (Lipinski definition) is 3. The van der Waals surface area contributed by atoms with Gasteiger partial charge >= 0.3 is 5.97 Å². The number of amides is 1. The van der Waals surface area contributed by atoms with Gasteiger partial charge < -0.3 is 10.0 Å². The number of carbonyl (C=O) groups excluding carboxylic acids is 1. The van der Waals surface area contributed by atoms with Crippen LogP contribution in [0, 0.1) is 6.92 Å². The summed E-state index contributed by atoms with van der Waals surface area (Å²) in [6.45, 7) is 2.20. The second kappa shape index (κ2) is 6.17. The summed E-state index contributed by atoms with van der Waals surface area (Å²) in [5.41, 5.74) is 2.37. The van der Waals surface area contributed by atoms with Crippen LogP contribution in [0.25, 0.3) is 0 Å². The van der Waals surface area contributed by atoms with Crippen LogP contribution in [0.15, 0.2) is 42.6 Å². The molecule has 0 atom stereocenters. The second-order valence-corrected chi connectivity index (χ2v) is 4.80. The summed E-state index contributed by atoms with van der Waals surface area (Å²) < 4.78 is 0. The Hall–Kier alpha value is -2.69. The summed E-state index contributed by atoms with van der Waals surface area (Å²) in [5.74, 6) is -1.07. The van der Waals surface area contributed by atoms with Crippen molar-refractivity contribution in [2.45, 2.75) is 13.5 Å². The fourth-order valence-corrected chi connectivity index (χ4v) is 2.01. The maximum atomic E-state index is 12.3. The van der Waals surface area contributed by atoms with Crippen LogP contribution in [0.1, 0.15) is 32.0 Å². The standard InChI is InChI=1S/C16H16N2O3/c1-11-14(4-3-9-17-11)15(19)18(2)10-12-5-7-13(8-6-12)16(20)21/h3-9H,10H2,1-2H3,(H,20,21). The third-order valence-electron chi connectivity index (χ3n) is 3.20. The van der Waals surface area contributed by atoms with Crippen molar-refractivity contribution in [3.05, 3.63) is 65.0 Å². The number of aromatic nitrogens is 1. The zero-order valence-corrected chi connectivity index (χ0v) is 11.9. The van der Waals surface area contributed by atoms with Crippen LogP contribution in [-0.2, 0) is 6.54 Å². The molecule has 1 amide bonds. The number of nitrogens with zero attached hydrogens (tertiary/aromatic N) is 2. The highest BCUT2D eigenvalue weighted by atomic mass is 16.4. The highest BCUT2D eigenvalue weighted by Crippen LogP contribution is 2.11. The van der Waals surface area contributed by atoms with E-state index in [-0.39, 0.29) is 11.5 Å². The summed E-state index contributed by atoms with van der Waals surface area (Å²) in [6, 6.07) is 9.97. The van der Waals surface area contributed by atoms with E-state index in [0.29, 0.717) is 17.8 Å². The Morgan fingerprint density at radius 1 is 1.19 bits per heavy atom. The molecule has 1 N–H and O–H groups in total. The van der Waals surface area contributed by atoms with E-state index in [4.69, 9.17) is 5.11 Å². The van der Waals surface area contributed by atoms with Gasteiger partial charge in [-0.2, -0.15) is 0 Å². The van der Waals surface area contributed by atoms with E-state index in [0.717, 1.165) is 5.56 Å². The first kappa shape index (κ1) is 14.7. The minimum Gasteiger partial charge on any atom is -0.478 e. The van der Waals surface area contributed by atoms with Gasteiger partial charge in [-0.1, -0.05) is 12.1 Å². The normalized spacial score (nSPS) is 10.2. The van der Waals surface area contributed by atoms with Gasteiger partial charge in [-0.25, -0.2) is 4.79 Å². The van der Waals surface area contributed by atoms with Crippen molar-refractivity contribution in [3.63, 3.8) is 0 Å². The Kier molecular flexibility index (Phi) is 4.33. The molecule has 0 radical (unpaired) electrons. The maximum absolute atomic E-state index is 12.3. The highest BCUT2D eigenvalue weighted by molar-refractivity contribution is 5.95. The summed E-state index contributed by atoms with van der Waals surface area (Å²) >= 11 is 0. The van der Waals surface area contributed by atoms with Gasteiger partial charge in [0.05, 0.1) is 11.1 Å². The van der Waals surface area contributed by atoms with Gasteiger partial charge in [-0.3, -0.25) is 9.78 Å². The lowest BCUT2D eigenvalue weighted by molar-refractivity contribution is 0.0695. The number of carbonyl (C=O) groups is 2. The molecule has 0 saturated heterocycles. The number of benzene rings is 1. The molecule has 0 unspecified atom stereocenters. The average molecular weight is 284 g/mol. The van der Waals surface area contributed by atoms with Crippen LogP contribution < -0.4 is 0 Å². The minimum atomic E-state index is -0.961. The number of aryl methyl sites for hydroxylation is 1. The minimum absolute atomic E-state index is 0.108. The van der Waals surface area contributed by atoms with Crippen molar-refractivity contribution in [1.29, 1.82) is 0 Å². The summed E-state index contributed by atoms with van der Waals surface area (Å²) in [4.78, 5) is 28.8. The topological polar surface area (TPSA) is 70.5 Å². The van der Waals surface area contributed by atoms with Crippen LogP contribution in [0.2, 0.25) is 0 Å². The molecule has 5 nitrogen and oxygen atoms in total. The molecule has 0 bridgehead atoms. The first-order valence-corrected chi connectivity index (χ1v) is 6.48. The van der Waals surface area contributed by atoms with E-state index in [1.54, 1.807) is 49.3 Å². The monoisotopic (exact) mass is 284 g/mol. The number of rotatable bonds is 4. The summed E-state index contributed by atoms with van der Waals surface area (Å²) in [7, 11) is 1.71. The molecule has 0 aliphatic heterocycles. The van der Waals surface area contributed by atoms with Crippen LogP contribution in [-0.4, -0.2) is 33.9 Å². The zero-order valence-electron chi connectivity index (χ0n) is 11.9. The van der Waals surface area contributed by atoms with E-state index in [1.807, 2.05) is 0 Å². The van der Waals surface area contributed by atoms with Crippen LogP contribution in [0.5, 0.6) is 0 Å². The average Bonchev–Trinajstić information content (AvgIpc) is 2.47. The molecular weight excluding hydrogens is 268 g/mol. The molecule has 2 rings (SSSR count). The van der Waals surface area contributed by atoms with Gasteiger partial charge in [0.25, 0.3) is 5.91 Å². The molecular formula is C16H16N2O3. The number of pyridine rings is 1. The van der Waals surface area contributed by atoms with Crippen LogP contribution >= 0.6 is 0 Å². The van der Waals surface area contributed by atoms with Crippen molar-refractivity contribution < 1.29 is 14.7 Å². The molecule has 0 fully saturated rings. The van der Waals surface area contributed by atoms with Crippen molar-refractivity contribution in [3.8, 4) is 0 Å². The maximum Gasteiger partial charge on any atom is 0.335 e. The largest absolute Gasteiger partial charge is 0.478 e. The number of aromatic carboxylic acids is 1. The lowest BCUT2D eigenvalue weighted by atomic mass is 10.1. The Morgan fingerprint density at radius 2 is 1.86 bits per heavy atom. The smallest absolute Gasteiger partial charge is 0.335 e. The molecule has 1 aromatic carbocycles. The van der Waals surface area contributed by atoms with E-state index in [9.17, 15) is 9.59 Å². The summed E-state index contributed by atoms with van der Waals surface area (Å²) in [6.07, 6.45) is 1.65. The van der Waals surface area contributed by atoms with Crippen molar-refractivity contribution in [2.75, 3.05) is 7.05 Å². The fourth-order valence-electron chi connectivity index (χ4n) is 2.01. The lowest BCUT2D eigenvalue weighted by Gasteiger charge is -2.18. The Labute approximate surface area is 122 Å². The van der Waals surface area contributed by atoms with E-state index < -0.39 is 5.97 Å². The van der Waals surface area contributed by atoms with Gasteiger partial charge in [0, 0.05) is 25.5 Å². The molecule has 0 saturated carbocycles. The number of carboxylic acids is 1. The van der Waals surface area contributed by atoms with E-state index in [2.05, 4.69) is 4.98 Å². The molecule has 1 heterocycles. The van der Waals surface area contributed by atoms with Crippen molar-refractivity contribution in [1.82, 2.24) is 9.88 Å². The predicted molar refractivity (Wildman–Crippen MR) is 78.2 cm³/mol.